The third-order valence-electron chi connectivity index (χ3n) is 4.08. The van der Waals surface area contributed by atoms with Crippen LogP contribution in [0.2, 0.25) is 5.02 Å². The Morgan fingerprint density at radius 3 is 2.89 bits per heavy atom. The fourth-order valence-electron chi connectivity index (χ4n) is 2.79. The third kappa shape index (κ3) is 3.04. The molecule has 1 saturated carbocycles. The molecular weight excluding hydrogens is 249 g/mol. The van der Waals surface area contributed by atoms with Crippen molar-refractivity contribution in [2.24, 2.45) is 5.41 Å². The molecule has 0 bridgehead atoms. The van der Waals surface area contributed by atoms with Crippen LogP contribution in [0.5, 0.6) is 0 Å². The molecule has 3 heteroatoms. The molecule has 1 unspecified atom stereocenters. The van der Waals surface area contributed by atoms with Crippen LogP contribution in [0.1, 0.15) is 45.1 Å². The normalized spacial score (nSPS) is 23.0. The molecule has 1 atom stereocenters. The first-order valence-corrected chi connectivity index (χ1v) is 7.05. The van der Waals surface area contributed by atoms with Crippen LogP contribution in [0.3, 0.4) is 0 Å². The van der Waals surface area contributed by atoms with Crippen LogP contribution in [-0.2, 0) is 6.54 Å². The summed E-state index contributed by atoms with van der Waals surface area (Å²) in [6, 6.07) is 5.65. The molecule has 0 aliphatic heterocycles. The minimum Gasteiger partial charge on any atom is -0.309 e. The molecule has 1 aromatic carbocycles. The Bertz CT molecular complexity index is 417. The molecule has 0 saturated heterocycles. The molecule has 1 fully saturated rings. The largest absolute Gasteiger partial charge is 0.309 e. The molecule has 1 aromatic rings. The molecule has 1 N–H and O–H groups in total. The van der Waals surface area contributed by atoms with E-state index in [1.807, 2.05) is 0 Å². The molecule has 100 valence electrons. The lowest BCUT2D eigenvalue weighted by molar-refractivity contribution is 0.166. The minimum absolute atomic E-state index is 0.206. The van der Waals surface area contributed by atoms with Crippen molar-refractivity contribution >= 4 is 11.6 Å². The van der Waals surface area contributed by atoms with E-state index in [2.05, 4.69) is 19.2 Å². The summed E-state index contributed by atoms with van der Waals surface area (Å²) in [6.07, 6.45) is 4.98. The van der Waals surface area contributed by atoms with E-state index in [1.54, 1.807) is 18.2 Å². The first-order chi connectivity index (χ1) is 8.50. The van der Waals surface area contributed by atoms with Crippen LogP contribution in [0.4, 0.5) is 4.39 Å². The van der Waals surface area contributed by atoms with Crippen molar-refractivity contribution in [2.45, 2.75) is 52.1 Å². The van der Waals surface area contributed by atoms with Crippen LogP contribution >= 0.6 is 11.6 Å². The predicted octanol–water partition coefficient (Wildman–Crippen LogP) is 4.54. The maximum atomic E-state index is 13.8. The highest BCUT2D eigenvalue weighted by molar-refractivity contribution is 6.30. The van der Waals surface area contributed by atoms with E-state index in [1.165, 1.54) is 25.7 Å². The molecule has 1 nitrogen and oxygen atoms in total. The van der Waals surface area contributed by atoms with Gasteiger partial charge in [-0.25, -0.2) is 4.39 Å². The summed E-state index contributed by atoms with van der Waals surface area (Å²) in [4.78, 5) is 0. The second kappa shape index (κ2) is 5.58. The van der Waals surface area contributed by atoms with E-state index >= 15 is 0 Å². The van der Waals surface area contributed by atoms with Gasteiger partial charge in [0.25, 0.3) is 0 Å². The van der Waals surface area contributed by atoms with Gasteiger partial charge in [0.2, 0.25) is 0 Å². The lowest BCUT2D eigenvalue weighted by Gasteiger charge is -2.39. The first kappa shape index (κ1) is 13.8. The number of hydrogen-bond donors (Lipinski definition) is 1. The second-order valence-electron chi connectivity index (χ2n) is 5.88. The van der Waals surface area contributed by atoms with Gasteiger partial charge in [-0.15, -0.1) is 0 Å². The molecule has 18 heavy (non-hydrogen) atoms. The van der Waals surface area contributed by atoms with Crippen molar-refractivity contribution in [1.82, 2.24) is 5.32 Å². The average molecular weight is 270 g/mol. The van der Waals surface area contributed by atoms with Gasteiger partial charge in [-0.2, -0.15) is 0 Å². The van der Waals surface area contributed by atoms with E-state index in [0.717, 1.165) is 0 Å². The highest BCUT2D eigenvalue weighted by Gasteiger charge is 2.31. The van der Waals surface area contributed by atoms with Crippen LogP contribution in [-0.4, -0.2) is 6.04 Å². The number of nitrogens with one attached hydrogen (secondary N) is 1. The van der Waals surface area contributed by atoms with E-state index < -0.39 is 0 Å². The van der Waals surface area contributed by atoms with Gasteiger partial charge in [-0.3, -0.25) is 0 Å². The topological polar surface area (TPSA) is 12.0 Å². The fraction of sp³-hybridized carbons (Fsp3) is 0.600. The summed E-state index contributed by atoms with van der Waals surface area (Å²) in [6.45, 7) is 5.14. The molecular formula is C15H21ClFN. The Morgan fingerprint density at radius 2 is 2.17 bits per heavy atom. The number of benzene rings is 1. The van der Waals surface area contributed by atoms with Gasteiger partial charge in [0.05, 0.1) is 5.02 Å². The summed E-state index contributed by atoms with van der Waals surface area (Å²) in [7, 11) is 0. The van der Waals surface area contributed by atoms with Gasteiger partial charge < -0.3 is 5.32 Å². The maximum Gasteiger partial charge on any atom is 0.146 e. The van der Waals surface area contributed by atoms with Crippen molar-refractivity contribution < 1.29 is 4.39 Å². The highest BCUT2D eigenvalue weighted by Crippen LogP contribution is 2.35. The monoisotopic (exact) mass is 269 g/mol. The molecule has 0 heterocycles. The van der Waals surface area contributed by atoms with Gasteiger partial charge in [0.1, 0.15) is 5.82 Å². The molecule has 0 radical (unpaired) electrons. The van der Waals surface area contributed by atoms with E-state index in [4.69, 9.17) is 11.6 Å². The Hall–Kier alpha value is -0.600. The Balaban J connectivity index is 2.00. The van der Waals surface area contributed by atoms with Crippen LogP contribution in [0, 0.1) is 11.2 Å². The SMILES string of the molecule is CC1(C)CCCCC1NCc1cccc(Cl)c1F. The fourth-order valence-corrected chi connectivity index (χ4v) is 2.98. The molecule has 1 aliphatic rings. The van der Waals surface area contributed by atoms with E-state index in [-0.39, 0.29) is 10.8 Å². The summed E-state index contributed by atoms with van der Waals surface area (Å²) in [5, 5.41) is 3.70. The summed E-state index contributed by atoms with van der Waals surface area (Å²) in [5.74, 6) is -0.291. The van der Waals surface area contributed by atoms with Gasteiger partial charge in [0.15, 0.2) is 0 Å². The number of rotatable bonds is 3. The third-order valence-corrected chi connectivity index (χ3v) is 4.37. The van der Waals surface area contributed by atoms with Gasteiger partial charge >= 0.3 is 0 Å². The zero-order valence-electron chi connectivity index (χ0n) is 11.1. The lowest BCUT2D eigenvalue weighted by Crippen LogP contribution is -2.43. The first-order valence-electron chi connectivity index (χ1n) is 6.67. The number of hydrogen-bond acceptors (Lipinski definition) is 1. The summed E-state index contributed by atoms with van der Waals surface area (Å²) < 4.78 is 13.8. The van der Waals surface area contributed by atoms with E-state index in [0.29, 0.717) is 23.6 Å². The second-order valence-corrected chi connectivity index (χ2v) is 6.29. The lowest BCUT2D eigenvalue weighted by atomic mass is 9.73. The zero-order valence-corrected chi connectivity index (χ0v) is 11.9. The van der Waals surface area contributed by atoms with Crippen LogP contribution < -0.4 is 5.32 Å². The molecule has 2 rings (SSSR count). The molecule has 1 aliphatic carbocycles. The van der Waals surface area contributed by atoms with Gasteiger partial charge in [-0.1, -0.05) is 50.4 Å². The molecule has 0 spiro atoms. The number of halogens is 2. The van der Waals surface area contributed by atoms with Gasteiger partial charge in [-0.05, 0) is 24.3 Å². The molecule has 0 aromatic heterocycles. The van der Waals surface area contributed by atoms with Crippen molar-refractivity contribution in [3.8, 4) is 0 Å². The standard InChI is InChI=1S/C15H21ClFN/c1-15(2)9-4-3-8-13(15)18-10-11-6-5-7-12(16)14(11)17/h5-7,13,18H,3-4,8-10H2,1-2H3. The van der Waals surface area contributed by atoms with Crippen molar-refractivity contribution in [3.63, 3.8) is 0 Å². The van der Waals surface area contributed by atoms with Crippen molar-refractivity contribution in [3.05, 3.63) is 34.6 Å². The van der Waals surface area contributed by atoms with Crippen molar-refractivity contribution in [2.75, 3.05) is 0 Å². The van der Waals surface area contributed by atoms with Crippen LogP contribution in [0.25, 0.3) is 0 Å². The maximum absolute atomic E-state index is 13.8. The Labute approximate surface area is 114 Å². The summed E-state index contributed by atoms with van der Waals surface area (Å²) >= 11 is 5.79. The van der Waals surface area contributed by atoms with Gasteiger partial charge in [0, 0.05) is 18.2 Å². The van der Waals surface area contributed by atoms with Crippen molar-refractivity contribution in [1.29, 1.82) is 0 Å². The summed E-state index contributed by atoms with van der Waals surface area (Å²) in [5.41, 5.74) is 0.955. The minimum atomic E-state index is -0.291. The predicted molar refractivity (Wildman–Crippen MR) is 74.3 cm³/mol. The Morgan fingerprint density at radius 1 is 1.39 bits per heavy atom. The quantitative estimate of drug-likeness (QED) is 0.850. The highest BCUT2D eigenvalue weighted by atomic mass is 35.5. The smallest absolute Gasteiger partial charge is 0.146 e. The Kier molecular flexibility index (Phi) is 4.29. The van der Waals surface area contributed by atoms with Crippen LogP contribution in [0.15, 0.2) is 18.2 Å². The molecule has 0 amide bonds. The average Bonchev–Trinajstić information content (AvgIpc) is 2.32. The zero-order chi connectivity index (χ0) is 13.2. The van der Waals surface area contributed by atoms with E-state index in [9.17, 15) is 4.39 Å².